The Morgan fingerprint density at radius 2 is 2.29 bits per heavy atom. The van der Waals surface area contributed by atoms with E-state index in [9.17, 15) is 9.90 Å². The zero-order chi connectivity index (χ0) is 17.9. The molecule has 0 saturated heterocycles. The lowest BCUT2D eigenvalue weighted by atomic mass is 10.2. The van der Waals surface area contributed by atoms with E-state index >= 15 is 0 Å². The van der Waals surface area contributed by atoms with Gasteiger partial charge >= 0.3 is 0 Å². The zero-order valence-electron chi connectivity index (χ0n) is 14.1. The molecule has 0 radical (unpaired) electrons. The maximum atomic E-state index is 11.5. The fourth-order valence-electron chi connectivity index (χ4n) is 1.77. The molecular weight excluding hydrogens is 344 g/mol. The van der Waals surface area contributed by atoms with E-state index in [0.717, 1.165) is 23.4 Å². The first-order chi connectivity index (χ1) is 11.5. The monoisotopic (exact) mass is 366 g/mol. The number of carbonyl (C=O) groups excluding carboxylic acids is 1. The van der Waals surface area contributed by atoms with Crippen LogP contribution in [-0.2, 0) is 11.3 Å². The number of amides is 1. The fourth-order valence-corrected chi connectivity index (χ4v) is 3.74. The Balaban J connectivity index is 2.96. The topological polar surface area (TPSA) is 92.3 Å². The molecule has 0 aliphatic rings. The highest BCUT2D eigenvalue weighted by Gasteiger charge is 2.14. The summed E-state index contributed by atoms with van der Waals surface area (Å²) in [4.78, 5) is 22.2. The summed E-state index contributed by atoms with van der Waals surface area (Å²) in [5.41, 5.74) is 7.33. The van der Waals surface area contributed by atoms with Crippen LogP contribution in [0.1, 0.15) is 38.1 Å². The third-order valence-corrected chi connectivity index (χ3v) is 5.21. The van der Waals surface area contributed by atoms with Crippen LogP contribution in [-0.4, -0.2) is 33.0 Å². The second-order valence-electron chi connectivity index (χ2n) is 4.84. The molecule has 0 atom stereocenters. The van der Waals surface area contributed by atoms with Gasteiger partial charge in [-0.25, -0.2) is 9.97 Å². The van der Waals surface area contributed by atoms with Gasteiger partial charge in [0, 0.05) is 41.8 Å². The van der Waals surface area contributed by atoms with Gasteiger partial charge in [0.1, 0.15) is 11.6 Å². The molecule has 1 amide bonds. The summed E-state index contributed by atoms with van der Waals surface area (Å²) in [6.07, 6.45) is 3.62. The number of aliphatic hydroxyl groups is 1. The number of nitrogens with zero attached hydrogens (tertiary/aromatic N) is 3. The van der Waals surface area contributed by atoms with E-state index < -0.39 is 0 Å². The number of allylic oxidation sites excluding steroid dienone is 1. The van der Waals surface area contributed by atoms with E-state index in [1.807, 2.05) is 13.8 Å². The minimum atomic E-state index is 0.00389. The molecule has 1 aromatic heterocycles. The minimum absolute atomic E-state index is 0.00389. The van der Waals surface area contributed by atoms with Gasteiger partial charge in [-0.2, -0.15) is 0 Å². The maximum absolute atomic E-state index is 11.5. The molecule has 0 aliphatic heterocycles. The summed E-state index contributed by atoms with van der Waals surface area (Å²) in [7, 11) is 2.84. The molecule has 0 bridgehead atoms. The van der Waals surface area contributed by atoms with Crippen LogP contribution < -0.4 is 5.73 Å². The van der Waals surface area contributed by atoms with Crippen LogP contribution in [0.3, 0.4) is 0 Å². The van der Waals surface area contributed by atoms with Crippen LogP contribution in [0.25, 0.3) is 0 Å². The summed E-state index contributed by atoms with van der Waals surface area (Å²) in [6, 6.07) is 0. The molecule has 0 spiro atoms. The summed E-state index contributed by atoms with van der Waals surface area (Å²) in [6.45, 7) is 5.86. The number of hydrogen-bond donors (Lipinski definition) is 2. The molecular formula is C16H22N4O2S2. The predicted molar refractivity (Wildman–Crippen MR) is 100 cm³/mol. The van der Waals surface area contributed by atoms with E-state index in [-0.39, 0.29) is 13.2 Å². The number of aromatic nitrogens is 2. The molecule has 24 heavy (non-hydrogen) atoms. The fraction of sp³-hybridized carbons (Fsp3) is 0.438. The van der Waals surface area contributed by atoms with E-state index in [2.05, 4.69) is 21.1 Å². The number of nitrogen functional groups attached to an aromatic ring is 1. The lowest BCUT2D eigenvalue weighted by Gasteiger charge is -2.21. The van der Waals surface area contributed by atoms with E-state index in [1.54, 1.807) is 13.1 Å². The first kappa shape index (κ1) is 20.4. The zero-order valence-corrected chi connectivity index (χ0v) is 15.7. The molecule has 0 aromatic carbocycles. The highest BCUT2D eigenvalue weighted by molar-refractivity contribution is 8.79. The molecule has 8 heteroatoms. The van der Waals surface area contributed by atoms with Crippen LogP contribution in [0.15, 0.2) is 16.8 Å². The summed E-state index contributed by atoms with van der Waals surface area (Å²) in [5, 5.41) is 12.2. The van der Waals surface area contributed by atoms with E-state index in [0.29, 0.717) is 23.6 Å². The van der Waals surface area contributed by atoms with Crippen molar-refractivity contribution in [1.29, 1.82) is 0 Å². The van der Waals surface area contributed by atoms with Crippen LogP contribution in [0, 0.1) is 18.1 Å². The van der Waals surface area contributed by atoms with Crippen LogP contribution in [0.4, 0.5) is 5.82 Å². The summed E-state index contributed by atoms with van der Waals surface area (Å²) < 4.78 is 0. The molecule has 6 nitrogen and oxygen atoms in total. The Morgan fingerprint density at radius 1 is 1.54 bits per heavy atom. The van der Waals surface area contributed by atoms with Crippen molar-refractivity contribution >= 4 is 33.8 Å². The van der Waals surface area contributed by atoms with E-state index in [1.165, 1.54) is 26.5 Å². The van der Waals surface area contributed by atoms with Crippen LogP contribution in [0.5, 0.6) is 0 Å². The van der Waals surface area contributed by atoms with Crippen molar-refractivity contribution in [3.05, 3.63) is 28.2 Å². The second-order valence-corrected chi connectivity index (χ2v) is 6.87. The van der Waals surface area contributed by atoms with Gasteiger partial charge in [-0.1, -0.05) is 12.8 Å². The molecule has 0 fully saturated rings. The third kappa shape index (κ3) is 6.43. The van der Waals surface area contributed by atoms with Gasteiger partial charge in [-0.3, -0.25) is 4.79 Å². The van der Waals surface area contributed by atoms with Crippen LogP contribution >= 0.6 is 21.6 Å². The third-order valence-electron chi connectivity index (χ3n) is 3.09. The van der Waals surface area contributed by atoms with Gasteiger partial charge in [-0.15, -0.1) is 0 Å². The van der Waals surface area contributed by atoms with Gasteiger partial charge in [0.2, 0.25) is 6.41 Å². The van der Waals surface area contributed by atoms with Crippen molar-refractivity contribution in [3.8, 4) is 11.2 Å². The molecule has 1 rings (SSSR count). The molecule has 0 unspecified atom stereocenters. The van der Waals surface area contributed by atoms with Gasteiger partial charge in [0.05, 0.1) is 6.54 Å². The first-order valence-electron chi connectivity index (χ1n) is 7.45. The molecule has 0 saturated carbocycles. The number of aryl methyl sites for hydroxylation is 1. The Kier molecular flexibility index (Phi) is 9.30. The number of carbonyl (C=O) groups is 1. The Hall–Kier alpha value is -1.69. The normalized spacial score (nSPS) is 11.3. The lowest BCUT2D eigenvalue weighted by Crippen LogP contribution is -2.21. The number of hydrogen-bond acceptors (Lipinski definition) is 7. The average molecular weight is 367 g/mol. The number of nitrogens with two attached hydrogens (primary N) is 1. The van der Waals surface area contributed by atoms with Crippen LogP contribution in [0.2, 0.25) is 0 Å². The van der Waals surface area contributed by atoms with Crippen molar-refractivity contribution < 1.29 is 9.90 Å². The van der Waals surface area contributed by atoms with E-state index in [4.69, 9.17) is 5.73 Å². The van der Waals surface area contributed by atoms with Crippen molar-refractivity contribution in [1.82, 2.24) is 14.9 Å². The smallest absolute Gasteiger partial charge is 0.214 e. The molecule has 1 aromatic rings. The average Bonchev–Trinajstić information content (AvgIpc) is 2.56. The lowest BCUT2D eigenvalue weighted by molar-refractivity contribution is -0.116. The van der Waals surface area contributed by atoms with Crippen molar-refractivity contribution in [2.75, 3.05) is 12.3 Å². The summed E-state index contributed by atoms with van der Waals surface area (Å²) in [5.74, 6) is 3.92. The second kappa shape index (κ2) is 11.0. The predicted octanol–water partition coefficient (Wildman–Crippen LogP) is 2.69. The van der Waals surface area contributed by atoms with Gasteiger partial charge in [-0.05, 0) is 40.7 Å². The van der Waals surface area contributed by atoms with Crippen molar-refractivity contribution in [2.24, 2.45) is 0 Å². The van der Waals surface area contributed by atoms with Gasteiger partial charge in [0.25, 0.3) is 0 Å². The Morgan fingerprint density at radius 3 is 2.88 bits per heavy atom. The van der Waals surface area contributed by atoms with Crippen molar-refractivity contribution in [3.63, 3.8) is 0 Å². The van der Waals surface area contributed by atoms with Gasteiger partial charge < -0.3 is 15.7 Å². The standard InChI is InChI=1S/C16H22N4O2S2/c1-4-5-8-23-24-15(6-7-21)12(2)20(11-22)10-14-9-18-13(3)19-16(14)17/h9,11,21H,4,6-7,10H2,1-3H3,(H2,17,18,19)/b15-12-. The van der Waals surface area contributed by atoms with Gasteiger partial charge in [0.15, 0.2) is 0 Å². The number of aliphatic hydroxyl groups excluding tert-OH is 1. The Bertz CT molecular complexity index is 653. The molecule has 130 valence electrons. The Labute approximate surface area is 150 Å². The quantitative estimate of drug-likeness (QED) is 0.415. The summed E-state index contributed by atoms with van der Waals surface area (Å²) >= 11 is 0. The minimum Gasteiger partial charge on any atom is -0.396 e. The molecule has 1 heterocycles. The largest absolute Gasteiger partial charge is 0.396 e. The first-order valence-corrected chi connectivity index (χ1v) is 9.60. The van der Waals surface area contributed by atoms with Crippen molar-refractivity contribution in [2.45, 2.75) is 40.2 Å². The maximum Gasteiger partial charge on any atom is 0.214 e. The highest BCUT2D eigenvalue weighted by Crippen LogP contribution is 2.34. The highest BCUT2D eigenvalue weighted by atomic mass is 33.1. The molecule has 0 aliphatic carbocycles. The SMILES string of the molecule is CCC#CSS/C(CCO)=C(/C)N(C=O)Cc1cnc(C)nc1N. The molecule has 3 N–H and O–H groups in total. The number of anilines is 1. The number of rotatable bonds is 8.